The van der Waals surface area contributed by atoms with Crippen LogP contribution in [-0.2, 0) is 52.8 Å². The van der Waals surface area contributed by atoms with Gasteiger partial charge in [-0.2, -0.15) is 0 Å². The number of hydrogen-bond donors (Lipinski definition) is 1. The Morgan fingerprint density at radius 1 is 0.844 bits per heavy atom. The fourth-order valence-corrected chi connectivity index (χ4v) is 5.03. The van der Waals surface area contributed by atoms with Crippen molar-refractivity contribution in [3.63, 3.8) is 0 Å². The van der Waals surface area contributed by atoms with E-state index in [0.29, 0.717) is 0 Å². The summed E-state index contributed by atoms with van der Waals surface area (Å²) in [5.74, 6) is 0.501. The average molecular weight is 604 g/mol. The average Bonchev–Trinajstić information content (AvgIpc) is 3.62. The van der Waals surface area contributed by atoms with Gasteiger partial charge in [-0.3, -0.25) is 0 Å². The summed E-state index contributed by atoms with van der Waals surface area (Å²) in [5, 5.41) is 10.7. The van der Waals surface area contributed by atoms with Crippen molar-refractivity contribution in [2.75, 3.05) is 7.11 Å². The van der Waals surface area contributed by atoms with Gasteiger partial charge in [0.1, 0.15) is 0 Å². The van der Waals surface area contributed by atoms with Crippen molar-refractivity contribution in [1.82, 2.24) is 0 Å². The second-order valence-corrected chi connectivity index (χ2v) is 7.31. The van der Waals surface area contributed by atoms with Crippen molar-refractivity contribution in [1.29, 1.82) is 0 Å². The van der Waals surface area contributed by atoms with E-state index < -0.39 is 6.10 Å². The molecule has 0 bridgehead atoms. The molecule has 1 aliphatic carbocycles. The molecule has 2 aromatic carbocycles. The number of aliphatic hydroxyl groups excluding tert-OH is 1. The molecular formula is C24H20O7W. The van der Waals surface area contributed by atoms with Crippen molar-refractivity contribution in [2.24, 2.45) is 5.92 Å². The fourth-order valence-electron chi connectivity index (χ4n) is 3.84. The maximum absolute atomic E-state index is 10.7. The summed E-state index contributed by atoms with van der Waals surface area (Å²) in [7, 11) is 1.74. The molecule has 0 aliphatic heterocycles. The summed E-state index contributed by atoms with van der Waals surface area (Å²) in [4.78, 5) is 0. The van der Waals surface area contributed by atoms with Crippen LogP contribution in [-0.4, -0.2) is 22.4 Å². The van der Waals surface area contributed by atoms with Gasteiger partial charge in [0, 0.05) is 0 Å². The molecule has 4 atom stereocenters. The number of hydrogen-bond acceptors (Lipinski definition) is 2. The minimum atomic E-state index is -0.436. The molecule has 0 saturated heterocycles. The minimum absolute atomic E-state index is 0.234. The van der Waals surface area contributed by atoms with E-state index in [-0.39, 0.29) is 17.3 Å². The second-order valence-electron chi connectivity index (χ2n) is 5.86. The monoisotopic (exact) mass is 604 g/mol. The van der Waals surface area contributed by atoms with Crippen molar-refractivity contribution in [3.05, 3.63) is 105 Å². The number of rotatable bonds is 5. The Labute approximate surface area is 198 Å². The van der Waals surface area contributed by atoms with Crippen LogP contribution >= 0.6 is 0 Å². The Morgan fingerprint density at radius 2 is 1.22 bits per heavy atom. The van der Waals surface area contributed by atoms with Crippen LogP contribution in [0.1, 0.15) is 24.0 Å². The third-order valence-corrected chi connectivity index (χ3v) is 6.34. The van der Waals surface area contributed by atoms with Gasteiger partial charge in [0.05, 0.1) is 0 Å². The van der Waals surface area contributed by atoms with Gasteiger partial charge < -0.3 is 0 Å². The van der Waals surface area contributed by atoms with Crippen LogP contribution in [0.3, 0.4) is 0 Å². The zero-order chi connectivity index (χ0) is 25.7. The maximum atomic E-state index is 10.7. The Kier molecular flexibility index (Phi) is 22.0. The predicted octanol–water partition coefficient (Wildman–Crippen LogP) is 2.85. The normalized spacial score (nSPS) is 19.7. The van der Waals surface area contributed by atoms with E-state index in [9.17, 15) is 5.11 Å². The molecule has 32 heavy (non-hydrogen) atoms. The summed E-state index contributed by atoms with van der Waals surface area (Å²) in [6.07, 6.45) is -0.436. The standard InChI is InChI=1S/C19H20O2.5CO.W/c1-14(20)19(16-11-7-4-8-12-16)17(13-21-2)18(19)15-9-5-3-6-10-15;5*1-2;/h3-12,14,17-18,20H,1-2H3;;;;;;/t14?,17-,18-,19-;;;;;;/m1....../s1. The molecule has 0 radical (unpaired) electrons. The van der Waals surface area contributed by atoms with Crippen LogP contribution < -0.4 is 0 Å². The molecule has 0 aromatic heterocycles. The molecule has 1 fully saturated rings. The molecular weight excluding hydrogens is 584 g/mol. The zero-order valence-electron chi connectivity index (χ0n) is 17.3. The summed E-state index contributed by atoms with van der Waals surface area (Å²) < 4.78 is 44.2. The number of benzene rings is 2. The first-order valence-corrected chi connectivity index (χ1v) is 9.99. The van der Waals surface area contributed by atoms with Gasteiger partial charge in [-0.1, -0.05) is 0 Å². The molecule has 0 amide bonds. The fraction of sp³-hybridized carbons (Fsp3) is 0.250. The molecule has 7 nitrogen and oxygen atoms in total. The summed E-state index contributed by atoms with van der Waals surface area (Å²) in [6, 6.07) is 20.8. The molecule has 0 heterocycles. The van der Waals surface area contributed by atoms with Crippen molar-refractivity contribution < 1.29 is 52.5 Å². The number of ether oxygens (including phenoxy) is 1. The van der Waals surface area contributed by atoms with Crippen LogP contribution in [0.2, 0.25) is 0 Å². The Hall–Kier alpha value is -2.38. The van der Waals surface area contributed by atoms with E-state index in [0.717, 1.165) is 4.08 Å². The van der Waals surface area contributed by atoms with Gasteiger partial charge in [-0.05, 0) is 0 Å². The molecule has 164 valence electrons. The molecule has 2 aromatic rings. The quantitative estimate of drug-likeness (QED) is 0.416. The van der Waals surface area contributed by atoms with E-state index in [2.05, 4.69) is 69.7 Å². The van der Waals surface area contributed by atoms with E-state index in [1.165, 1.54) is 30.5 Å². The first kappa shape index (κ1) is 34.2. The molecule has 1 N–H and O–H groups in total. The molecule has 0 spiro atoms. The summed E-state index contributed by atoms with van der Waals surface area (Å²) >= 11 is 1.34. The van der Waals surface area contributed by atoms with E-state index in [1.54, 1.807) is 7.11 Å². The second kappa shape index (κ2) is 20.5. The van der Waals surface area contributed by atoms with Crippen molar-refractivity contribution in [3.8, 4) is 0 Å². The van der Waals surface area contributed by atoms with E-state index >= 15 is 0 Å². The number of aliphatic hydroxyl groups is 1. The molecule has 1 unspecified atom stereocenters. The van der Waals surface area contributed by atoms with Gasteiger partial charge in [0.25, 0.3) is 0 Å². The predicted molar refractivity (Wildman–Crippen MR) is 104 cm³/mol. The van der Waals surface area contributed by atoms with Crippen LogP contribution in [0.15, 0.2) is 60.7 Å². The zero-order valence-corrected chi connectivity index (χ0v) is 20.2. The van der Waals surface area contributed by atoms with Crippen LogP contribution in [0.4, 0.5) is 0 Å². The van der Waals surface area contributed by atoms with Gasteiger partial charge in [-0.15, -0.1) is 0 Å². The molecule has 1 saturated carbocycles. The third-order valence-electron chi connectivity index (χ3n) is 4.83. The third kappa shape index (κ3) is 7.95. The first-order chi connectivity index (χ1) is 15.6. The van der Waals surface area contributed by atoms with Crippen LogP contribution in [0.5, 0.6) is 0 Å². The SMILES string of the molecule is CO[C](=[W])[C@@H]1[C@@H](c2ccccc2)[C@@]1(c1ccccc1)C(C)O.[C-]#[O+].[C-]#[O+].[C-]#[O+].[C-]#[O+].[C-]#[O+]. The van der Waals surface area contributed by atoms with Gasteiger partial charge in [-0.25, -0.2) is 0 Å². The van der Waals surface area contributed by atoms with Gasteiger partial charge >= 0.3 is 199 Å². The summed E-state index contributed by atoms with van der Waals surface area (Å²) in [5.41, 5.74) is 2.18. The van der Waals surface area contributed by atoms with Crippen LogP contribution in [0.25, 0.3) is 0 Å². The molecule has 8 heteroatoms. The Balaban J connectivity index is -0.000000744. The van der Waals surface area contributed by atoms with Crippen LogP contribution in [0, 0.1) is 39.2 Å². The molecule has 1 aliphatic rings. The Bertz CT molecular complexity index is 835. The van der Waals surface area contributed by atoms with Crippen molar-refractivity contribution in [2.45, 2.75) is 24.4 Å². The van der Waals surface area contributed by atoms with Crippen molar-refractivity contribution >= 4 is 4.08 Å². The van der Waals surface area contributed by atoms with E-state index in [4.69, 9.17) is 28.0 Å². The number of methoxy groups -OCH3 is 1. The Morgan fingerprint density at radius 3 is 1.56 bits per heavy atom. The topological polar surface area (TPSA) is 129 Å². The van der Waals surface area contributed by atoms with Gasteiger partial charge in [0.15, 0.2) is 0 Å². The molecule has 3 rings (SSSR count). The van der Waals surface area contributed by atoms with Gasteiger partial charge in [0.2, 0.25) is 0 Å². The summed E-state index contributed by atoms with van der Waals surface area (Å²) in [6.45, 7) is 24.4. The first-order valence-electron chi connectivity index (χ1n) is 8.52. The van der Waals surface area contributed by atoms with E-state index in [1.807, 2.05) is 31.2 Å².